The standard InChI is InChI=1S/C16H20N2O2/c1-2-13-6-4-8-16(10-13,12-17)11-14-5-3-7-15(9-14)18(19)20/h3,5,7,9,13H,2,4,6,8,10-11H2,1H3. The first-order valence-electron chi connectivity index (χ1n) is 7.23. The van der Waals surface area contributed by atoms with Gasteiger partial charge in [0.25, 0.3) is 5.69 Å². The van der Waals surface area contributed by atoms with Crippen molar-refractivity contribution in [1.82, 2.24) is 0 Å². The maximum Gasteiger partial charge on any atom is 0.269 e. The predicted molar refractivity (Wildman–Crippen MR) is 77.1 cm³/mol. The fourth-order valence-electron chi connectivity index (χ4n) is 3.31. The van der Waals surface area contributed by atoms with Gasteiger partial charge in [-0.1, -0.05) is 38.3 Å². The SMILES string of the molecule is CCC1CCCC(C#N)(Cc2cccc([N+](=O)[O-])c2)C1. The Kier molecular flexibility index (Phi) is 4.39. The number of benzene rings is 1. The van der Waals surface area contributed by atoms with Gasteiger partial charge in [0, 0.05) is 12.1 Å². The molecule has 2 rings (SSSR count). The summed E-state index contributed by atoms with van der Waals surface area (Å²) in [6.07, 6.45) is 5.85. The highest BCUT2D eigenvalue weighted by atomic mass is 16.6. The van der Waals surface area contributed by atoms with Crippen LogP contribution in [0.5, 0.6) is 0 Å². The normalized spacial score (nSPS) is 25.9. The van der Waals surface area contributed by atoms with Crippen molar-refractivity contribution >= 4 is 5.69 Å². The summed E-state index contributed by atoms with van der Waals surface area (Å²) in [5.74, 6) is 0.613. The highest BCUT2D eigenvalue weighted by Crippen LogP contribution is 2.42. The van der Waals surface area contributed by atoms with Crippen LogP contribution in [0.25, 0.3) is 0 Å². The Hall–Kier alpha value is -1.89. The Balaban J connectivity index is 2.20. The Labute approximate surface area is 119 Å². The lowest BCUT2D eigenvalue weighted by atomic mass is 9.67. The van der Waals surface area contributed by atoms with Gasteiger partial charge in [0.1, 0.15) is 0 Å². The van der Waals surface area contributed by atoms with Crippen molar-refractivity contribution in [2.45, 2.75) is 45.4 Å². The van der Waals surface area contributed by atoms with Crippen molar-refractivity contribution in [3.63, 3.8) is 0 Å². The average molecular weight is 272 g/mol. The molecular formula is C16H20N2O2. The van der Waals surface area contributed by atoms with Crippen molar-refractivity contribution < 1.29 is 4.92 Å². The van der Waals surface area contributed by atoms with Gasteiger partial charge < -0.3 is 0 Å². The summed E-state index contributed by atoms with van der Waals surface area (Å²) in [5, 5.41) is 20.4. The first-order chi connectivity index (χ1) is 9.58. The van der Waals surface area contributed by atoms with E-state index in [2.05, 4.69) is 13.0 Å². The van der Waals surface area contributed by atoms with E-state index >= 15 is 0 Å². The molecule has 0 spiro atoms. The molecule has 0 radical (unpaired) electrons. The van der Waals surface area contributed by atoms with Crippen LogP contribution in [0.1, 0.15) is 44.6 Å². The third-order valence-electron chi connectivity index (χ3n) is 4.43. The van der Waals surface area contributed by atoms with Gasteiger partial charge in [-0.3, -0.25) is 10.1 Å². The van der Waals surface area contributed by atoms with Crippen LogP contribution in [0.4, 0.5) is 5.69 Å². The Morgan fingerprint density at radius 3 is 3.00 bits per heavy atom. The lowest BCUT2D eigenvalue weighted by Gasteiger charge is -2.35. The predicted octanol–water partition coefficient (Wildman–Crippen LogP) is 4.25. The number of rotatable bonds is 4. The van der Waals surface area contributed by atoms with Crippen molar-refractivity contribution in [2.24, 2.45) is 11.3 Å². The topological polar surface area (TPSA) is 66.9 Å². The van der Waals surface area contributed by atoms with Gasteiger partial charge in [-0.15, -0.1) is 0 Å². The minimum atomic E-state index is -0.377. The fourth-order valence-corrected chi connectivity index (χ4v) is 3.31. The Morgan fingerprint density at radius 2 is 2.35 bits per heavy atom. The quantitative estimate of drug-likeness (QED) is 0.608. The van der Waals surface area contributed by atoms with Crippen LogP contribution in [0.2, 0.25) is 0 Å². The van der Waals surface area contributed by atoms with E-state index in [9.17, 15) is 15.4 Å². The maximum absolute atomic E-state index is 10.8. The molecule has 4 nitrogen and oxygen atoms in total. The van der Waals surface area contributed by atoms with E-state index in [0.29, 0.717) is 12.3 Å². The highest BCUT2D eigenvalue weighted by molar-refractivity contribution is 5.35. The van der Waals surface area contributed by atoms with Crippen LogP contribution in [0, 0.1) is 32.8 Å². The van der Waals surface area contributed by atoms with Crippen LogP contribution < -0.4 is 0 Å². The molecule has 1 aromatic carbocycles. The number of nitro benzene ring substituents is 1. The zero-order valence-corrected chi connectivity index (χ0v) is 11.8. The lowest BCUT2D eigenvalue weighted by Crippen LogP contribution is -2.29. The molecule has 0 bridgehead atoms. The lowest BCUT2D eigenvalue weighted by molar-refractivity contribution is -0.384. The van der Waals surface area contributed by atoms with Gasteiger partial charge in [0.2, 0.25) is 0 Å². The molecule has 0 saturated heterocycles. The average Bonchev–Trinajstić information content (AvgIpc) is 2.47. The van der Waals surface area contributed by atoms with Gasteiger partial charge in [-0.25, -0.2) is 0 Å². The van der Waals surface area contributed by atoms with Gasteiger partial charge >= 0.3 is 0 Å². The van der Waals surface area contributed by atoms with Gasteiger partial charge in [-0.2, -0.15) is 5.26 Å². The molecule has 1 aliphatic carbocycles. The number of nitriles is 1. The summed E-state index contributed by atoms with van der Waals surface area (Å²) in [5.41, 5.74) is 0.671. The summed E-state index contributed by atoms with van der Waals surface area (Å²) in [6, 6.07) is 9.21. The summed E-state index contributed by atoms with van der Waals surface area (Å²) in [6.45, 7) is 2.17. The van der Waals surface area contributed by atoms with Crippen LogP contribution in [0.3, 0.4) is 0 Å². The molecule has 0 aromatic heterocycles. The largest absolute Gasteiger partial charge is 0.269 e. The van der Waals surface area contributed by atoms with Crippen molar-refractivity contribution in [3.8, 4) is 6.07 Å². The molecule has 20 heavy (non-hydrogen) atoms. The summed E-state index contributed by atoms with van der Waals surface area (Å²) in [4.78, 5) is 10.5. The molecule has 0 N–H and O–H groups in total. The van der Waals surface area contributed by atoms with Crippen LogP contribution >= 0.6 is 0 Å². The molecule has 2 atom stereocenters. The molecular weight excluding hydrogens is 252 g/mol. The van der Waals surface area contributed by atoms with E-state index in [1.54, 1.807) is 12.1 Å². The van der Waals surface area contributed by atoms with Crippen molar-refractivity contribution in [1.29, 1.82) is 5.26 Å². The third-order valence-corrected chi connectivity index (χ3v) is 4.43. The van der Waals surface area contributed by atoms with E-state index in [4.69, 9.17) is 0 Å². The summed E-state index contributed by atoms with van der Waals surface area (Å²) in [7, 11) is 0. The van der Waals surface area contributed by atoms with Gasteiger partial charge in [0.05, 0.1) is 16.4 Å². The van der Waals surface area contributed by atoms with E-state index in [1.165, 1.54) is 12.5 Å². The second-order valence-corrected chi connectivity index (χ2v) is 5.87. The third kappa shape index (κ3) is 3.16. The molecule has 1 saturated carbocycles. The van der Waals surface area contributed by atoms with Gasteiger partial charge in [0.15, 0.2) is 0 Å². The molecule has 0 heterocycles. The van der Waals surface area contributed by atoms with Crippen LogP contribution in [0.15, 0.2) is 24.3 Å². The molecule has 1 fully saturated rings. The monoisotopic (exact) mass is 272 g/mol. The number of hydrogen-bond donors (Lipinski definition) is 0. The zero-order valence-electron chi connectivity index (χ0n) is 11.8. The first-order valence-corrected chi connectivity index (χ1v) is 7.23. The fraction of sp³-hybridized carbons (Fsp3) is 0.562. The van der Waals surface area contributed by atoms with E-state index < -0.39 is 0 Å². The van der Waals surface area contributed by atoms with E-state index in [1.807, 2.05) is 6.07 Å². The second-order valence-electron chi connectivity index (χ2n) is 5.87. The first kappa shape index (κ1) is 14.5. The van der Waals surface area contributed by atoms with Gasteiger partial charge in [-0.05, 0) is 30.7 Å². The highest BCUT2D eigenvalue weighted by Gasteiger charge is 2.36. The zero-order chi connectivity index (χ0) is 14.6. The van der Waals surface area contributed by atoms with Crippen molar-refractivity contribution in [2.75, 3.05) is 0 Å². The minimum Gasteiger partial charge on any atom is -0.258 e. The summed E-state index contributed by atoms with van der Waals surface area (Å²) >= 11 is 0. The Morgan fingerprint density at radius 1 is 1.55 bits per heavy atom. The van der Waals surface area contributed by atoms with E-state index in [-0.39, 0.29) is 16.0 Å². The number of nitro groups is 1. The number of non-ortho nitro benzene ring substituents is 1. The number of hydrogen-bond acceptors (Lipinski definition) is 3. The molecule has 0 aliphatic heterocycles. The van der Waals surface area contributed by atoms with Crippen molar-refractivity contribution in [3.05, 3.63) is 39.9 Å². The van der Waals surface area contributed by atoms with Crippen LogP contribution in [-0.4, -0.2) is 4.92 Å². The van der Waals surface area contributed by atoms with Crippen LogP contribution in [-0.2, 0) is 6.42 Å². The number of nitrogens with zero attached hydrogens (tertiary/aromatic N) is 2. The summed E-state index contributed by atoms with van der Waals surface area (Å²) < 4.78 is 0. The molecule has 2 unspecified atom stereocenters. The minimum absolute atomic E-state index is 0.110. The maximum atomic E-state index is 10.8. The smallest absolute Gasteiger partial charge is 0.258 e. The molecule has 0 amide bonds. The molecule has 1 aliphatic rings. The molecule has 4 heteroatoms. The van der Waals surface area contributed by atoms with E-state index in [0.717, 1.165) is 31.2 Å². The molecule has 1 aromatic rings. The second kappa shape index (κ2) is 6.04. The Bertz CT molecular complexity index is 536. The molecule has 106 valence electrons.